The van der Waals surface area contributed by atoms with Crippen molar-refractivity contribution in [3.63, 3.8) is 0 Å². The van der Waals surface area contributed by atoms with Crippen LogP contribution in [-0.4, -0.2) is 24.9 Å². The molecule has 0 aromatic heterocycles. The molecule has 1 heterocycles. The van der Waals surface area contributed by atoms with E-state index in [4.69, 9.17) is 4.74 Å². The van der Waals surface area contributed by atoms with E-state index in [0.29, 0.717) is 5.56 Å². The van der Waals surface area contributed by atoms with E-state index in [-0.39, 0.29) is 11.6 Å². The summed E-state index contributed by atoms with van der Waals surface area (Å²) in [5.41, 5.74) is 2.14. The van der Waals surface area contributed by atoms with Crippen LogP contribution in [-0.2, 0) is 14.3 Å². The topological polar surface area (TPSA) is 65.0 Å². The summed E-state index contributed by atoms with van der Waals surface area (Å²) < 4.78 is 9.82. The third-order valence-electron chi connectivity index (χ3n) is 3.28. The minimum absolute atomic E-state index is 0.217. The molecule has 5 nitrogen and oxygen atoms in total. The molecule has 0 unspecified atom stereocenters. The number of nitrogens with zero attached hydrogens (tertiary/aromatic N) is 1. The molecular weight excluding hydrogens is 294 g/mol. The number of hydrogen-bond acceptors (Lipinski definition) is 5. The highest BCUT2D eigenvalue weighted by Gasteiger charge is 2.23. The number of benzene rings is 2. The maximum Gasteiger partial charge on any atom is 0.363 e. The SMILES string of the molecule is COC(=O)c1ccc(/C=C2/N=C(c3ccccc3)OC2=O)cc1. The van der Waals surface area contributed by atoms with Crippen LogP contribution in [0, 0.1) is 0 Å². The Bertz CT molecular complexity index is 805. The van der Waals surface area contributed by atoms with Crippen LogP contribution in [0.25, 0.3) is 6.08 Å². The molecule has 0 saturated heterocycles. The molecule has 2 aromatic carbocycles. The highest BCUT2D eigenvalue weighted by molar-refractivity contribution is 6.12. The minimum Gasteiger partial charge on any atom is -0.465 e. The monoisotopic (exact) mass is 307 g/mol. The molecule has 0 fully saturated rings. The molecule has 1 aliphatic rings. The zero-order valence-corrected chi connectivity index (χ0v) is 12.4. The maximum atomic E-state index is 11.9. The fraction of sp³-hybridized carbons (Fsp3) is 0.0556. The van der Waals surface area contributed by atoms with Gasteiger partial charge in [0.25, 0.3) is 0 Å². The molecule has 114 valence electrons. The summed E-state index contributed by atoms with van der Waals surface area (Å²) in [5, 5.41) is 0. The first kappa shape index (κ1) is 14.7. The smallest absolute Gasteiger partial charge is 0.363 e. The highest BCUT2D eigenvalue weighted by atomic mass is 16.6. The number of cyclic esters (lactones) is 1. The van der Waals surface area contributed by atoms with Gasteiger partial charge in [0.15, 0.2) is 5.70 Å². The molecule has 23 heavy (non-hydrogen) atoms. The van der Waals surface area contributed by atoms with E-state index in [9.17, 15) is 9.59 Å². The summed E-state index contributed by atoms with van der Waals surface area (Å²) in [6.45, 7) is 0. The van der Waals surface area contributed by atoms with Crippen LogP contribution >= 0.6 is 0 Å². The van der Waals surface area contributed by atoms with Gasteiger partial charge >= 0.3 is 11.9 Å². The molecule has 0 aliphatic carbocycles. The number of ether oxygens (including phenoxy) is 2. The summed E-state index contributed by atoms with van der Waals surface area (Å²) in [5.74, 6) is -0.622. The zero-order chi connectivity index (χ0) is 16.2. The van der Waals surface area contributed by atoms with Crippen molar-refractivity contribution >= 4 is 23.9 Å². The molecular formula is C18H13NO4. The zero-order valence-electron chi connectivity index (χ0n) is 12.4. The van der Waals surface area contributed by atoms with Crippen molar-refractivity contribution in [1.29, 1.82) is 0 Å². The van der Waals surface area contributed by atoms with Crippen molar-refractivity contribution in [2.24, 2.45) is 4.99 Å². The van der Waals surface area contributed by atoms with Gasteiger partial charge in [0.05, 0.1) is 12.7 Å². The van der Waals surface area contributed by atoms with Crippen LogP contribution in [0.5, 0.6) is 0 Å². The Morgan fingerprint density at radius 3 is 2.43 bits per heavy atom. The Morgan fingerprint density at radius 2 is 1.78 bits per heavy atom. The summed E-state index contributed by atoms with van der Waals surface area (Å²) in [6.07, 6.45) is 1.61. The summed E-state index contributed by atoms with van der Waals surface area (Å²) >= 11 is 0. The van der Waals surface area contributed by atoms with Gasteiger partial charge in [-0.05, 0) is 35.9 Å². The van der Waals surface area contributed by atoms with Crippen LogP contribution < -0.4 is 0 Å². The number of carbonyl (C=O) groups excluding carboxylic acids is 2. The number of methoxy groups -OCH3 is 1. The van der Waals surface area contributed by atoms with Gasteiger partial charge in [-0.25, -0.2) is 14.6 Å². The molecule has 0 radical (unpaired) electrons. The first-order chi connectivity index (χ1) is 11.2. The lowest BCUT2D eigenvalue weighted by molar-refractivity contribution is -0.129. The fourth-order valence-corrected chi connectivity index (χ4v) is 2.10. The molecule has 1 aliphatic heterocycles. The predicted octanol–water partition coefficient (Wildman–Crippen LogP) is 2.82. The number of rotatable bonds is 3. The number of aliphatic imine (C=N–C) groups is 1. The van der Waals surface area contributed by atoms with Gasteiger partial charge in [-0.15, -0.1) is 0 Å². The Balaban J connectivity index is 1.86. The van der Waals surface area contributed by atoms with Crippen LogP contribution in [0.3, 0.4) is 0 Å². The van der Waals surface area contributed by atoms with Gasteiger partial charge in [0.1, 0.15) is 0 Å². The van der Waals surface area contributed by atoms with E-state index < -0.39 is 11.9 Å². The second kappa shape index (κ2) is 6.27. The number of hydrogen-bond donors (Lipinski definition) is 0. The van der Waals surface area contributed by atoms with Crippen molar-refractivity contribution in [3.05, 3.63) is 77.0 Å². The molecule has 5 heteroatoms. The third-order valence-corrected chi connectivity index (χ3v) is 3.28. The first-order valence-electron chi connectivity index (χ1n) is 6.94. The maximum absolute atomic E-state index is 11.9. The lowest BCUT2D eigenvalue weighted by atomic mass is 10.1. The van der Waals surface area contributed by atoms with Gasteiger partial charge in [0.2, 0.25) is 5.90 Å². The van der Waals surface area contributed by atoms with Gasteiger partial charge in [0, 0.05) is 5.56 Å². The van der Waals surface area contributed by atoms with Crippen molar-refractivity contribution in [2.75, 3.05) is 7.11 Å². The van der Waals surface area contributed by atoms with Crippen molar-refractivity contribution < 1.29 is 19.1 Å². The molecule has 2 aromatic rings. The average molecular weight is 307 g/mol. The highest BCUT2D eigenvalue weighted by Crippen LogP contribution is 2.19. The van der Waals surface area contributed by atoms with E-state index in [1.54, 1.807) is 30.3 Å². The second-order valence-corrected chi connectivity index (χ2v) is 4.82. The van der Waals surface area contributed by atoms with Crippen molar-refractivity contribution in [2.45, 2.75) is 0 Å². The minimum atomic E-state index is -0.499. The third kappa shape index (κ3) is 3.18. The van der Waals surface area contributed by atoms with E-state index in [0.717, 1.165) is 11.1 Å². The standard InChI is InChI=1S/C18H13NO4/c1-22-17(20)14-9-7-12(8-10-14)11-15-18(21)23-16(19-15)13-5-3-2-4-6-13/h2-11H,1H3/b15-11+. The Labute approximate surface area is 132 Å². The Morgan fingerprint density at radius 1 is 1.09 bits per heavy atom. The quantitative estimate of drug-likeness (QED) is 0.646. The summed E-state index contributed by atoms with van der Waals surface area (Å²) in [4.78, 5) is 27.5. The lowest BCUT2D eigenvalue weighted by Crippen LogP contribution is -2.05. The molecule has 0 bridgehead atoms. The van der Waals surface area contributed by atoms with Crippen LogP contribution in [0.2, 0.25) is 0 Å². The molecule has 0 saturated carbocycles. The second-order valence-electron chi connectivity index (χ2n) is 4.82. The fourth-order valence-electron chi connectivity index (χ4n) is 2.10. The van der Waals surface area contributed by atoms with E-state index >= 15 is 0 Å². The van der Waals surface area contributed by atoms with E-state index in [2.05, 4.69) is 9.73 Å². The van der Waals surface area contributed by atoms with Crippen LogP contribution in [0.15, 0.2) is 65.3 Å². The van der Waals surface area contributed by atoms with Crippen molar-refractivity contribution in [3.8, 4) is 0 Å². The Hall–Kier alpha value is -3.21. The first-order valence-corrected chi connectivity index (χ1v) is 6.94. The number of esters is 2. The number of carbonyl (C=O) groups is 2. The average Bonchev–Trinajstić information content (AvgIpc) is 2.96. The molecule has 0 spiro atoms. The van der Waals surface area contributed by atoms with Gasteiger partial charge in [-0.1, -0.05) is 30.3 Å². The van der Waals surface area contributed by atoms with Crippen LogP contribution in [0.4, 0.5) is 0 Å². The Kier molecular flexibility index (Phi) is 4.01. The molecule has 3 rings (SSSR count). The van der Waals surface area contributed by atoms with Crippen LogP contribution in [0.1, 0.15) is 21.5 Å². The normalized spacial score (nSPS) is 15.3. The lowest BCUT2D eigenvalue weighted by Gasteiger charge is -1.99. The summed E-state index contributed by atoms with van der Waals surface area (Å²) in [6, 6.07) is 15.9. The van der Waals surface area contributed by atoms with Gasteiger partial charge in [-0.3, -0.25) is 0 Å². The molecule has 0 amide bonds. The largest absolute Gasteiger partial charge is 0.465 e. The molecule has 0 N–H and O–H groups in total. The van der Waals surface area contributed by atoms with Gasteiger partial charge in [-0.2, -0.15) is 0 Å². The summed E-state index contributed by atoms with van der Waals surface area (Å²) in [7, 11) is 1.33. The van der Waals surface area contributed by atoms with Crippen molar-refractivity contribution in [1.82, 2.24) is 0 Å². The van der Waals surface area contributed by atoms with E-state index in [1.165, 1.54) is 7.11 Å². The molecule has 0 atom stereocenters. The predicted molar refractivity (Wildman–Crippen MR) is 84.8 cm³/mol. The van der Waals surface area contributed by atoms with Gasteiger partial charge < -0.3 is 9.47 Å². The van der Waals surface area contributed by atoms with E-state index in [1.807, 2.05) is 30.3 Å².